The zero-order valence-corrected chi connectivity index (χ0v) is 12.8. The Morgan fingerprint density at radius 1 is 1.24 bits per heavy atom. The van der Waals surface area contributed by atoms with Crippen LogP contribution >= 0.6 is 11.3 Å². The summed E-state index contributed by atoms with van der Waals surface area (Å²) in [6.45, 7) is 1.81. The lowest BCUT2D eigenvalue weighted by molar-refractivity contribution is 0.602. The molecule has 2 aromatic carbocycles. The Balaban J connectivity index is 2.10. The lowest BCUT2D eigenvalue weighted by Crippen LogP contribution is -2.13. The zero-order valence-electron chi connectivity index (χ0n) is 11.2. The predicted molar refractivity (Wildman–Crippen MR) is 86.0 cm³/mol. The third-order valence-electron chi connectivity index (χ3n) is 2.99. The van der Waals surface area contributed by atoms with E-state index in [-0.39, 0.29) is 4.90 Å². The zero-order chi connectivity index (χ0) is 15.0. The summed E-state index contributed by atoms with van der Waals surface area (Å²) in [5.74, 6) is 0. The SMILES string of the molecule is Cc1csc(NS(=O)(=O)c2cccc3cc(N)ccc23)n1. The monoisotopic (exact) mass is 319 g/mol. The lowest BCUT2D eigenvalue weighted by Gasteiger charge is -2.09. The highest BCUT2D eigenvalue weighted by atomic mass is 32.2. The molecule has 0 spiro atoms. The van der Waals surface area contributed by atoms with E-state index >= 15 is 0 Å². The van der Waals surface area contributed by atoms with Crippen LogP contribution in [0.2, 0.25) is 0 Å². The van der Waals surface area contributed by atoms with Crippen molar-refractivity contribution in [2.45, 2.75) is 11.8 Å². The molecule has 0 saturated heterocycles. The van der Waals surface area contributed by atoms with E-state index < -0.39 is 10.0 Å². The minimum absolute atomic E-state index is 0.216. The van der Waals surface area contributed by atoms with E-state index in [2.05, 4.69) is 9.71 Å². The van der Waals surface area contributed by atoms with Crippen LogP contribution in [0.5, 0.6) is 0 Å². The highest BCUT2D eigenvalue weighted by molar-refractivity contribution is 7.93. The van der Waals surface area contributed by atoms with Crippen molar-refractivity contribution in [3.05, 3.63) is 47.5 Å². The van der Waals surface area contributed by atoms with E-state index in [0.29, 0.717) is 16.2 Å². The maximum Gasteiger partial charge on any atom is 0.264 e. The highest BCUT2D eigenvalue weighted by Gasteiger charge is 2.18. The second-order valence-electron chi connectivity index (χ2n) is 4.64. The molecule has 0 radical (unpaired) electrons. The average molecular weight is 319 g/mol. The molecule has 1 heterocycles. The van der Waals surface area contributed by atoms with Crippen molar-refractivity contribution in [2.75, 3.05) is 10.5 Å². The van der Waals surface area contributed by atoms with Crippen LogP contribution in [-0.2, 0) is 10.0 Å². The Bertz CT molecular complexity index is 917. The van der Waals surface area contributed by atoms with Gasteiger partial charge >= 0.3 is 0 Å². The summed E-state index contributed by atoms with van der Waals surface area (Å²) in [4.78, 5) is 4.34. The van der Waals surface area contributed by atoms with Crippen molar-refractivity contribution in [1.29, 1.82) is 0 Å². The topological polar surface area (TPSA) is 85.1 Å². The molecular formula is C14H13N3O2S2. The number of benzene rings is 2. The average Bonchev–Trinajstić information content (AvgIpc) is 2.82. The molecule has 3 aromatic rings. The number of anilines is 2. The van der Waals surface area contributed by atoms with Crippen LogP contribution < -0.4 is 10.5 Å². The Labute approximate surface area is 126 Å². The van der Waals surface area contributed by atoms with E-state index in [4.69, 9.17) is 5.73 Å². The molecule has 3 rings (SSSR count). The van der Waals surface area contributed by atoms with Crippen molar-refractivity contribution in [3.8, 4) is 0 Å². The maximum absolute atomic E-state index is 12.5. The minimum atomic E-state index is -3.68. The lowest BCUT2D eigenvalue weighted by atomic mass is 10.1. The van der Waals surface area contributed by atoms with Crippen LogP contribution in [-0.4, -0.2) is 13.4 Å². The molecule has 5 nitrogen and oxygen atoms in total. The maximum atomic E-state index is 12.5. The molecule has 7 heteroatoms. The van der Waals surface area contributed by atoms with Crippen molar-refractivity contribution in [2.24, 2.45) is 0 Å². The Morgan fingerprint density at radius 3 is 2.76 bits per heavy atom. The second-order valence-corrected chi connectivity index (χ2v) is 7.15. The number of fused-ring (bicyclic) bond motifs is 1. The molecule has 0 amide bonds. The fourth-order valence-corrected chi connectivity index (χ4v) is 4.25. The summed E-state index contributed by atoms with van der Waals surface area (Å²) in [6, 6.07) is 10.3. The molecule has 0 aliphatic carbocycles. The number of rotatable bonds is 3. The van der Waals surface area contributed by atoms with Crippen LogP contribution in [0.25, 0.3) is 10.8 Å². The summed E-state index contributed by atoms with van der Waals surface area (Å²) < 4.78 is 27.6. The van der Waals surface area contributed by atoms with E-state index in [0.717, 1.165) is 11.1 Å². The van der Waals surface area contributed by atoms with E-state index in [1.54, 1.807) is 35.7 Å². The first-order valence-corrected chi connectivity index (χ1v) is 8.55. The molecule has 108 valence electrons. The largest absolute Gasteiger partial charge is 0.399 e. The van der Waals surface area contributed by atoms with Gasteiger partial charge in [0, 0.05) is 16.5 Å². The highest BCUT2D eigenvalue weighted by Crippen LogP contribution is 2.27. The van der Waals surface area contributed by atoms with E-state index in [1.807, 2.05) is 13.0 Å². The fourth-order valence-electron chi connectivity index (χ4n) is 2.08. The molecule has 3 N–H and O–H groups in total. The van der Waals surface area contributed by atoms with Crippen LogP contribution in [0.1, 0.15) is 5.69 Å². The molecular weight excluding hydrogens is 306 g/mol. The predicted octanol–water partition coefficient (Wildman–Crippen LogP) is 2.99. The van der Waals surface area contributed by atoms with Crippen LogP contribution in [0, 0.1) is 6.92 Å². The van der Waals surface area contributed by atoms with Crippen molar-refractivity contribution < 1.29 is 8.42 Å². The van der Waals surface area contributed by atoms with Crippen molar-refractivity contribution in [1.82, 2.24) is 4.98 Å². The Morgan fingerprint density at radius 2 is 2.05 bits per heavy atom. The van der Waals surface area contributed by atoms with Crippen molar-refractivity contribution in [3.63, 3.8) is 0 Å². The van der Waals surface area contributed by atoms with E-state index in [9.17, 15) is 8.42 Å². The number of nitrogens with two attached hydrogens (primary N) is 1. The van der Waals surface area contributed by atoms with Gasteiger partial charge in [0.05, 0.1) is 10.6 Å². The van der Waals surface area contributed by atoms with E-state index in [1.165, 1.54) is 11.3 Å². The number of aryl methyl sites for hydroxylation is 1. The normalized spacial score (nSPS) is 11.7. The summed E-state index contributed by atoms with van der Waals surface area (Å²) in [5, 5.41) is 3.57. The third kappa shape index (κ3) is 2.70. The summed E-state index contributed by atoms with van der Waals surface area (Å²) in [6.07, 6.45) is 0. The molecule has 0 aliphatic heterocycles. The number of hydrogen-bond acceptors (Lipinski definition) is 5. The third-order valence-corrected chi connectivity index (χ3v) is 5.40. The molecule has 0 fully saturated rings. The Hall–Kier alpha value is -2.12. The molecule has 21 heavy (non-hydrogen) atoms. The quantitative estimate of drug-likeness (QED) is 0.727. The van der Waals surface area contributed by atoms with Gasteiger partial charge in [-0.25, -0.2) is 13.4 Å². The van der Waals surface area contributed by atoms with Crippen molar-refractivity contribution >= 4 is 43.0 Å². The summed E-state index contributed by atoms with van der Waals surface area (Å²) >= 11 is 1.26. The first-order chi connectivity index (χ1) is 9.95. The van der Waals surface area contributed by atoms with Crippen LogP contribution in [0.3, 0.4) is 0 Å². The standard InChI is InChI=1S/C14H13N3O2S2/c1-9-8-20-14(16-9)17-21(18,19)13-4-2-3-10-7-11(15)5-6-12(10)13/h2-8H,15H2,1H3,(H,16,17). The smallest absolute Gasteiger partial charge is 0.264 e. The number of aromatic nitrogens is 1. The summed E-state index contributed by atoms with van der Waals surface area (Å²) in [5.41, 5.74) is 7.11. The van der Waals surface area contributed by atoms with Gasteiger partial charge in [0.15, 0.2) is 5.13 Å². The number of thiazole rings is 1. The second kappa shape index (κ2) is 5.01. The van der Waals surface area contributed by atoms with Gasteiger partial charge in [0.25, 0.3) is 10.0 Å². The van der Waals surface area contributed by atoms with Crippen LogP contribution in [0.4, 0.5) is 10.8 Å². The van der Waals surface area contributed by atoms with Crippen LogP contribution in [0.15, 0.2) is 46.7 Å². The number of sulfonamides is 1. The fraction of sp³-hybridized carbons (Fsp3) is 0.0714. The molecule has 0 atom stereocenters. The van der Waals surface area contributed by atoms with Gasteiger partial charge in [-0.05, 0) is 30.5 Å². The first-order valence-electron chi connectivity index (χ1n) is 6.19. The first kappa shape index (κ1) is 13.8. The van der Waals surface area contributed by atoms with Gasteiger partial charge in [0.1, 0.15) is 0 Å². The van der Waals surface area contributed by atoms with Gasteiger partial charge in [0.2, 0.25) is 0 Å². The van der Waals surface area contributed by atoms with Gasteiger partial charge in [-0.15, -0.1) is 11.3 Å². The Kier molecular flexibility index (Phi) is 3.30. The molecule has 0 unspecified atom stereocenters. The van der Waals surface area contributed by atoms with Gasteiger partial charge in [-0.1, -0.05) is 18.2 Å². The minimum Gasteiger partial charge on any atom is -0.399 e. The van der Waals surface area contributed by atoms with Gasteiger partial charge in [-0.3, -0.25) is 4.72 Å². The van der Waals surface area contributed by atoms with Gasteiger partial charge in [-0.2, -0.15) is 0 Å². The summed E-state index contributed by atoms with van der Waals surface area (Å²) in [7, 11) is -3.68. The number of nitrogen functional groups attached to an aromatic ring is 1. The molecule has 0 saturated carbocycles. The number of nitrogens with zero attached hydrogens (tertiary/aromatic N) is 1. The number of hydrogen-bond donors (Lipinski definition) is 2. The number of nitrogens with one attached hydrogen (secondary N) is 1. The molecule has 0 bridgehead atoms. The molecule has 1 aromatic heterocycles. The molecule has 0 aliphatic rings. The van der Waals surface area contributed by atoms with Gasteiger partial charge < -0.3 is 5.73 Å².